The van der Waals surface area contributed by atoms with E-state index in [1.54, 1.807) is 24.9 Å². The van der Waals surface area contributed by atoms with E-state index in [0.717, 1.165) is 122 Å². The summed E-state index contributed by atoms with van der Waals surface area (Å²) in [5.74, 6) is 2.81. The van der Waals surface area contributed by atoms with Gasteiger partial charge in [0.15, 0.2) is 10.3 Å². The lowest BCUT2D eigenvalue weighted by molar-refractivity contribution is 0.0518. The van der Waals surface area contributed by atoms with Crippen LogP contribution in [0.15, 0.2) is 119 Å². The summed E-state index contributed by atoms with van der Waals surface area (Å²) in [5.41, 5.74) is 11.6. The van der Waals surface area contributed by atoms with Gasteiger partial charge in [0.2, 0.25) is 10.3 Å². The van der Waals surface area contributed by atoms with Crippen molar-refractivity contribution in [3.8, 4) is 0 Å². The van der Waals surface area contributed by atoms with Gasteiger partial charge in [-0.25, -0.2) is 59.0 Å². The number of pyridine rings is 4. The Hall–Kier alpha value is -9.96. The van der Waals surface area contributed by atoms with Gasteiger partial charge >= 0.3 is 24.4 Å². The number of amides is 4. The first-order valence-corrected chi connectivity index (χ1v) is 49.9. The maximum absolute atomic E-state index is 11.9. The van der Waals surface area contributed by atoms with Crippen LogP contribution in [0, 0.1) is 0 Å². The minimum atomic E-state index is -1.30. The monoisotopic (exact) mass is 1930 g/mol. The van der Waals surface area contributed by atoms with Crippen molar-refractivity contribution in [3.63, 3.8) is 0 Å². The van der Waals surface area contributed by atoms with E-state index in [1.807, 2.05) is 157 Å². The van der Waals surface area contributed by atoms with Crippen LogP contribution in [0.25, 0.3) is 0 Å². The summed E-state index contributed by atoms with van der Waals surface area (Å²) in [5, 5.41) is 26.2. The molecule has 8 heterocycles. The number of carbonyl (C=O) groups is 4. The number of ether oxygens (including phenoxy) is 4. The van der Waals surface area contributed by atoms with Crippen molar-refractivity contribution in [1.82, 2.24) is 101 Å². The molecule has 740 valence electrons. The molecule has 0 bridgehead atoms. The Labute approximate surface area is 810 Å². The van der Waals surface area contributed by atoms with Crippen molar-refractivity contribution in [2.75, 3.05) is 127 Å². The normalized spacial score (nSPS) is 15.8. The first-order valence-electron chi connectivity index (χ1n) is 44.4. The molecule has 34 nitrogen and oxygen atoms in total. The predicted octanol–water partition coefficient (Wildman–Crippen LogP) is 16.7. The molecule has 0 saturated heterocycles. The third kappa shape index (κ3) is 37.6. The van der Waals surface area contributed by atoms with E-state index in [0.29, 0.717) is 100 Å². The highest BCUT2D eigenvalue weighted by Gasteiger charge is 2.32. The Morgan fingerprint density at radius 2 is 0.582 bits per heavy atom. The van der Waals surface area contributed by atoms with Crippen LogP contribution in [-0.4, -0.2) is 240 Å². The van der Waals surface area contributed by atoms with E-state index in [4.69, 9.17) is 18.9 Å². The molecule has 6 atom stereocenters. The van der Waals surface area contributed by atoms with Gasteiger partial charge in [-0.1, -0.05) is 77.5 Å². The van der Waals surface area contributed by atoms with Crippen LogP contribution in [0.4, 0.5) is 42.4 Å². The Balaban J connectivity index is 0.000000313. The van der Waals surface area contributed by atoms with Crippen LogP contribution in [-0.2, 0) is 92.4 Å². The van der Waals surface area contributed by atoms with Gasteiger partial charge in [0.05, 0.1) is 68.5 Å². The number of rotatable bonds is 32. The van der Waals surface area contributed by atoms with Gasteiger partial charge in [-0.05, 0) is 247 Å². The molecule has 0 spiro atoms. The van der Waals surface area contributed by atoms with Crippen LogP contribution >= 0.6 is 23.5 Å². The lowest BCUT2D eigenvalue weighted by Gasteiger charge is -2.32. The molecule has 0 fully saturated rings. The quantitative estimate of drug-likeness (QED) is 0.00840. The van der Waals surface area contributed by atoms with Crippen molar-refractivity contribution in [2.24, 2.45) is 0 Å². The highest BCUT2D eigenvalue weighted by molar-refractivity contribution is 7.98. The van der Waals surface area contributed by atoms with E-state index >= 15 is 0 Å². The fourth-order valence-electron chi connectivity index (χ4n) is 15.3. The molecule has 0 radical (unpaired) electrons. The number of anilines is 4. The lowest BCUT2D eigenvalue weighted by atomic mass is 9.91. The fraction of sp³-hybridized carbons (Fsp3) is 0.583. The second kappa shape index (κ2) is 55.3. The molecule has 0 aliphatic heterocycles. The zero-order valence-electron chi connectivity index (χ0n) is 79.4. The van der Waals surface area contributed by atoms with Crippen LogP contribution in [0.3, 0.4) is 0 Å². The minimum Gasteiger partial charge on any atom is -0.444 e. The lowest BCUT2D eigenvalue weighted by Crippen LogP contribution is -2.35. The molecular formula is C96H152N24O10S4. The molecule has 38 heteroatoms. The van der Waals surface area contributed by atoms with Crippen molar-refractivity contribution in [3.05, 3.63) is 165 Å². The van der Waals surface area contributed by atoms with Crippen molar-refractivity contribution in [1.29, 1.82) is 0 Å². The van der Waals surface area contributed by atoms with E-state index in [9.17, 15) is 27.6 Å². The summed E-state index contributed by atoms with van der Waals surface area (Å²) in [4.78, 5) is 111. The molecule has 4 aliphatic carbocycles. The van der Waals surface area contributed by atoms with Gasteiger partial charge in [-0.15, -0.1) is 0 Å². The summed E-state index contributed by atoms with van der Waals surface area (Å²) in [6, 6.07) is 17.7. The number of thioether (sulfide) groups is 2. The third-order valence-corrected chi connectivity index (χ3v) is 23.6. The van der Waals surface area contributed by atoms with Gasteiger partial charge < -0.3 is 61.5 Å². The molecule has 4 aliphatic rings. The molecule has 6 unspecified atom stereocenters. The Morgan fingerprint density at radius 3 is 0.799 bits per heavy atom. The van der Waals surface area contributed by atoms with Crippen molar-refractivity contribution < 1.29 is 46.5 Å². The highest BCUT2D eigenvalue weighted by Crippen LogP contribution is 2.38. The van der Waals surface area contributed by atoms with E-state index in [2.05, 4.69) is 174 Å². The molecule has 0 aromatic carbocycles. The van der Waals surface area contributed by atoms with E-state index in [1.165, 1.54) is 57.2 Å². The third-order valence-electron chi connectivity index (χ3n) is 21.1. The second-order valence-electron chi connectivity index (χ2n) is 36.3. The minimum absolute atomic E-state index is 0. The van der Waals surface area contributed by atoms with Gasteiger partial charge in [0, 0.05) is 163 Å². The Bertz CT molecular complexity index is 4750. The molecule has 134 heavy (non-hydrogen) atoms. The molecule has 0 saturated carbocycles. The van der Waals surface area contributed by atoms with E-state index in [-0.39, 0.29) is 64.2 Å². The zero-order chi connectivity index (χ0) is 94.3. The topological polar surface area (TPSA) is 403 Å². The van der Waals surface area contributed by atoms with Gasteiger partial charge in [-0.2, -0.15) is 0 Å². The maximum atomic E-state index is 11.9. The van der Waals surface area contributed by atoms with Crippen LogP contribution < -0.4 is 42.5 Å². The molecular weight excluding hydrogens is 1780 g/mol. The van der Waals surface area contributed by atoms with Gasteiger partial charge in [-0.3, -0.25) is 48.0 Å². The number of alkyl carbamates (subject to hydrolysis) is 4. The largest absolute Gasteiger partial charge is 0.444 e. The number of fused-ring (bicyclic) bond motifs is 4. The van der Waals surface area contributed by atoms with Gasteiger partial charge in [0.25, 0.3) is 0 Å². The first-order chi connectivity index (χ1) is 61.8. The number of hydrogen-bond acceptors (Lipinski definition) is 32. The zero-order valence-corrected chi connectivity index (χ0v) is 82.7. The average Bonchev–Trinajstić information content (AvgIpc) is 0.820. The first kappa shape index (κ1) is 115. The van der Waals surface area contributed by atoms with Crippen LogP contribution in [0.2, 0.25) is 0 Å². The molecule has 8 aromatic heterocycles. The summed E-state index contributed by atoms with van der Waals surface area (Å²) in [6.07, 6.45) is 33.1. The molecule has 8 aromatic rings. The summed E-state index contributed by atoms with van der Waals surface area (Å²) in [7, 11) is 5.82. The number of aryl methyl sites for hydroxylation is 4. The molecule has 8 N–H and O–H groups in total. The Morgan fingerprint density at radius 1 is 0.358 bits per heavy atom. The average molecular weight is 1930 g/mol. The van der Waals surface area contributed by atoms with Crippen LogP contribution in [0.1, 0.15) is 256 Å². The van der Waals surface area contributed by atoms with E-state index < -0.39 is 68.4 Å². The fourth-order valence-corrected chi connectivity index (χ4v) is 16.8. The number of hydrogen-bond donors (Lipinski definition) is 8. The number of aromatic nitrogens is 12. The summed E-state index contributed by atoms with van der Waals surface area (Å²) in [6.45, 7) is 28.2. The highest BCUT2D eigenvalue weighted by atomic mass is 32.2. The predicted molar refractivity (Wildman–Crippen MR) is 540 cm³/mol. The SMILES string of the molecule is C.C.C.C.CN(Cc1cnc(S(C)=O)nc1NCCNC(=O)OC(C)(C)C)C1CCCc2cccnc21.CN(Cc1cnc(S(C)=O)nc1NCCNC(=O)OC(C)(C)C)C1CCCc2cccnc21.CSc1ncc(CN(C)C2CCCc3cccnc32)c(NCCNC(=O)OC(C)(C)C)n1.CSc1ncc(CN(C)C2CCCc3cccnc32)c(NCCNC(=O)OC(C)(C)C)n1. The second-order valence-corrected chi connectivity index (χ2v) is 40.4. The van der Waals surface area contributed by atoms with Gasteiger partial charge in [0.1, 0.15) is 45.7 Å². The maximum Gasteiger partial charge on any atom is 0.407 e. The number of nitrogens with zero attached hydrogens (tertiary/aromatic N) is 16. The summed E-state index contributed by atoms with van der Waals surface area (Å²) >= 11 is 3.01. The molecule has 4 amide bonds. The molecule has 12 rings (SSSR count). The Kier molecular flexibility index (Phi) is 47.3. The van der Waals surface area contributed by atoms with Crippen molar-refractivity contribution in [2.45, 2.75) is 283 Å². The van der Waals surface area contributed by atoms with Crippen molar-refractivity contribution >= 4 is 92.8 Å². The smallest absolute Gasteiger partial charge is 0.407 e. The number of carbonyl (C=O) groups excluding carboxylic acids is 4. The number of nitrogens with one attached hydrogen (secondary N) is 8. The standard InChI is InChI=1S/2C23H34N6O3S.2C23H34N6O2S.4CH4/c2*1-23(2,3)32-22(30)26-13-12-25-20-17(14-27-21(28-20)33(5)31)15-29(4)18-10-6-8-16-9-7-11-24-19(16)18;2*1-23(2,3)31-22(30)26-13-12-25-20-17(14-27-21(28-20)32-5)15-29(4)18-10-6-8-16-9-7-11-24-19(16)18;;;;/h2*7,9,11,14,18H,6,8,10,12-13,15H2,1-5H3,(H,26,30)(H,25,27,28);2*7,9,11,14,18H,6,8,10,12-13,15H2,1-5H3,(H,26,30)(H,25,27,28);4*1H4. The van der Waals surface area contributed by atoms with Crippen LogP contribution in [0.5, 0.6) is 0 Å². The summed E-state index contributed by atoms with van der Waals surface area (Å²) < 4.78 is 44.9.